The number of likely N-dealkylation sites (tertiary alicyclic amines) is 1. The van der Waals surface area contributed by atoms with Crippen LogP contribution in [-0.2, 0) is 0 Å². The van der Waals surface area contributed by atoms with Crippen molar-refractivity contribution in [1.82, 2.24) is 9.88 Å². The topological polar surface area (TPSA) is 45.2 Å². The van der Waals surface area contributed by atoms with E-state index in [0.717, 1.165) is 19.5 Å². The number of anilines is 1. The molecule has 2 rings (SSSR count). The molecule has 80 valence electrons. The number of urea groups is 1. The summed E-state index contributed by atoms with van der Waals surface area (Å²) in [5.74, 6) is 1.29. The van der Waals surface area contributed by atoms with Gasteiger partial charge in [-0.1, -0.05) is 13.0 Å². The van der Waals surface area contributed by atoms with Gasteiger partial charge in [-0.05, 0) is 24.5 Å². The van der Waals surface area contributed by atoms with E-state index in [4.69, 9.17) is 0 Å². The highest BCUT2D eigenvalue weighted by atomic mass is 16.2. The Kier molecular flexibility index (Phi) is 2.85. The Labute approximate surface area is 89.3 Å². The largest absolute Gasteiger partial charge is 0.324 e. The first-order valence-corrected chi connectivity index (χ1v) is 5.26. The van der Waals surface area contributed by atoms with Crippen LogP contribution in [0.25, 0.3) is 0 Å². The van der Waals surface area contributed by atoms with Crippen molar-refractivity contribution < 1.29 is 4.79 Å². The van der Waals surface area contributed by atoms with Gasteiger partial charge in [-0.15, -0.1) is 0 Å². The van der Waals surface area contributed by atoms with Gasteiger partial charge in [-0.3, -0.25) is 5.32 Å². The van der Waals surface area contributed by atoms with Crippen LogP contribution in [-0.4, -0.2) is 29.0 Å². The van der Waals surface area contributed by atoms with E-state index < -0.39 is 0 Å². The van der Waals surface area contributed by atoms with Gasteiger partial charge in [-0.25, -0.2) is 9.78 Å². The van der Waals surface area contributed by atoms with E-state index in [0.29, 0.717) is 11.7 Å². The first kappa shape index (κ1) is 9.96. The Morgan fingerprint density at radius 2 is 2.40 bits per heavy atom. The molecule has 0 spiro atoms. The zero-order valence-corrected chi connectivity index (χ0v) is 8.81. The lowest BCUT2D eigenvalue weighted by atomic mass is 9.98. The number of rotatable bonds is 2. The molecule has 4 nitrogen and oxygen atoms in total. The van der Waals surface area contributed by atoms with Crippen molar-refractivity contribution in [3.8, 4) is 0 Å². The molecular weight excluding hydrogens is 190 g/mol. The van der Waals surface area contributed by atoms with E-state index in [1.54, 1.807) is 12.3 Å². The van der Waals surface area contributed by atoms with Gasteiger partial charge in [0.2, 0.25) is 0 Å². The molecule has 1 aliphatic rings. The van der Waals surface area contributed by atoms with E-state index in [1.807, 2.05) is 17.0 Å². The number of carbonyl (C=O) groups is 1. The fourth-order valence-corrected chi connectivity index (χ4v) is 1.62. The molecule has 0 radical (unpaired) electrons. The van der Waals surface area contributed by atoms with Crippen LogP contribution in [0.3, 0.4) is 0 Å². The van der Waals surface area contributed by atoms with Gasteiger partial charge in [0.1, 0.15) is 5.82 Å². The highest BCUT2D eigenvalue weighted by Crippen LogP contribution is 2.19. The minimum absolute atomic E-state index is 0.0431. The Bertz CT molecular complexity index is 333. The van der Waals surface area contributed by atoms with Crippen LogP contribution in [0.2, 0.25) is 0 Å². The zero-order chi connectivity index (χ0) is 10.7. The summed E-state index contributed by atoms with van der Waals surface area (Å²) in [4.78, 5) is 17.5. The van der Waals surface area contributed by atoms with Crippen molar-refractivity contribution in [3.63, 3.8) is 0 Å². The number of amides is 2. The monoisotopic (exact) mass is 205 g/mol. The van der Waals surface area contributed by atoms with Crippen LogP contribution < -0.4 is 5.32 Å². The molecule has 0 atom stereocenters. The predicted molar refractivity (Wildman–Crippen MR) is 58.6 cm³/mol. The molecular formula is C11H15N3O. The highest BCUT2D eigenvalue weighted by molar-refractivity contribution is 5.88. The first-order valence-electron chi connectivity index (χ1n) is 5.26. The highest BCUT2D eigenvalue weighted by Gasteiger charge is 2.29. The fraction of sp³-hybridized carbons (Fsp3) is 0.455. The number of nitrogens with zero attached hydrogens (tertiary/aromatic N) is 2. The molecule has 0 bridgehead atoms. The molecule has 0 saturated carbocycles. The van der Waals surface area contributed by atoms with E-state index >= 15 is 0 Å². The standard InChI is InChI=1S/C11H15N3O/c1-2-9-7-14(8-9)11(15)13-10-5-3-4-6-12-10/h3-6,9H,2,7-8H2,1H3,(H,12,13,15). The summed E-state index contributed by atoms with van der Waals surface area (Å²) in [5.41, 5.74) is 0. The van der Waals surface area contributed by atoms with Gasteiger partial charge < -0.3 is 4.90 Å². The van der Waals surface area contributed by atoms with Crippen molar-refractivity contribution in [2.45, 2.75) is 13.3 Å². The molecule has 15 heavy (non-hydrogen) atoms. The maximum Gasteiger partial charge on any atom is 0.323 e. The summed E-state index contributed by atoms with van der Waals surface area (Å²) in [6, 6.07) is 5.42. The number of carbonyl (C=O) groups excluding carboxylic acids is 1. The van der Waals surface area contributed by atoms with Crippen LogP contribution in [0.1, 0.15) is 13.3 Å². The maximum atomic E-state index is 11.6. The van der Waals surface area contributed by atoms with Gasteiger partial charge in [0.15, 0.2) is 0 Å². The molecule has 1 aromatic heterocycles. The van der Waals surface area contributed by atoms with Crippen molar-refractivity contribution >= 4 is 11.8 Å². The zero-order valence-electron chi connectivity index (χ0n) is 8.81. The summed E-state index contributed by atoms with van der Waals surface area (Å²) in [6.07, 6.45) is 2.81. The molecule has 1 aromatic rings. The molecule has 1 fully saturated rings. The molecule has 2 amide bonds. The van der Waals surface area contributed by atoms with E-state index in [9.17, 15) is 4.79 Å². The number of pyridine rings is 1. The lowest BCUT2D eigenvalue weighted by Crippen LogP contribution is -2.51. The van der Waals surface area contributed by atoms with Crippen LogP contribution in [0.15, 0.2) is 24.4 Å². The quantitative estimate of drug-likeness (QED) is 0.802. The molecule has 1 saturated heterocycles. The second-order valence-corrected chi connectivity index (χ2v) is 3.82. The van der Waals surface area contributed by atoms with Crippen molar-refractivity contribution in [2.75, 3.05) is 18.4 Å². The first-order chi connectivity index (χ1) is 7.29. The summed E-state index contributed by atoms with van der Waals surface area (Å²) >= 11 is 0. The Balaban J connectivity index is 1.84. The molecule has 0 unspecified atom stereocenters. The minimum atomic E-state index is -0.0431. The number of hydrogen-bond donors (Lipinski definition) is 1. The molecule has 4 heteroatoms. The molecule has 2 heterocycles. The van der Waals surface area contributed by atoms with Gasteiger partial charge in [-0.2, -0.15) is 0 Å². The van der Waals surface area contributed by atoms with Crippen molar-refractivity contribution in [1.29, 1.82) is 0 Å². The molecule has 1 N–H and O–H groups in total. The second kappa shape index (κ2) is 4.29. The predicted octanol–water partition coefficient (Wildman–Crippen LogP) is 1.96. The Morgan fingerprint density at radius 3 is 3.00 bits per heavy atom. The maximum absolute atomic E-state index is 11.6. The van der Waals surface area contributed by atoms with E-state index in [-0.39, 0.29) is 6.03 Å². The minimum Gasteiger partial charge on any atom is -0.324 e. The smallest absolute Gasteiger partial charge is 0.323 e. The second-order valence-electron chi connectivity index (χ2n) is 3.82. The van der Waals surface area contributed by atoms with Crippen LogP contribution >= 0.6 is 0 Å². The van der Waals surface area contributed by atoms with Crippen LogP contribution in [0.4, 0.5) is 10.6 Å². The lowest BCUT2D eigenvalue weighted by Gasteiger charge is -2.38. The third-order valence-electron chi connectivity index (χ3n) is 2.72. The van der Waals surface area contributed by atoms with Crippen LogP contribution in [0, 0.1) is 5.92 Å². The average Bonchev–Trinajstić information content (AvgIpc) is 2.17. The molecule has 1 aliphatic heterocycles. The van der Waals surface area contributed by atoms with Gasteiger partial charge in [0, 0.05) is 19.3 Å². The van der Waals surface area contributed by atoms with Crippen molar-refractivity contribution in [3.05, 3.63) is 24.4 Å². The third kappa shape index (κ3) is 2.26. The fourth-order valence-electron chi connectivity index (χ4n) is 1.62. The summed E-state index contributed by atoms with van der Waals surface area (Å²) in [5, 5.41) is 2.76. The number of aromatic nitrogens is 1. The lowest BCUT2D eigenvalue weighted by molar-refractivity contribution is 0.129. The number of nitrogens with one attached hydrogen (secondary N) is 1. The summed E-state index contributed by atoms with van der Waals surface area (Å²) in [6.45, 7) is 3.89. The Morgan fingerprint density at radius 1 is 1.60 bits per heavy atom. The summed E-state index contributed by atoms with van der Waals surface area (Å²) < 4.78 is 0. The number of hydrogen-bond acceptors (Lipinski definition) is 2. The molecule has 0 aromatic carbocycles. The SMILES string of the molecule is CCC1CN(C(=O)Nc2ccccn2)C1. The van der Waals surface area contributed by atoms with Crippen LogP contribution in [0.5, 0.6) is 0 Å². The average molecular weight is 205 g/mol. The van der Waals surface area contributed by atoms with E-state index in [1.165, 1.54) is 0 Å². The Hall–Kier alpha value is -1.58. The van der Waals surface area contributed by atoms with Gasteiger partial charge in [0.05, 0.1) is 0 Å². The van der Waals surface area contributed by atoms with Crippen molar-refractivity contribution in [2.24, 2.45) is 5.92 Å². The van der Waals surface area contributed by atoms with E-state index in [2.05, 4.69) is 17.2 Å². The summed E-state index contributed by atoms with van der Waals surface area (Å²) in [7, 11) is 0. The van der Waals surface area contributed by atoms with Gasteiger partial charge in [0.25, 0.3) is 0 Å². The third-order valence-corrected chi connectivity index (χ3v) is 2.72. The molecule has 0 aliphatic carbocycles. The normalized spacial score (nSPS) is 15.9. The van der Waals surface area contributed by atoms with Gasteiger partial charge >= 0.3 is 6.03 Å².